The van der Waals surface area contributed by atoms with Crippen LogP contribution in [0.3, 0.4) is 0 Å². The summed E-state index contributed by atoms with van der Waals surface area (Å²) in [5.74, 6) is 2.42. The van der Waals surface area contributed by atoms with Gasteiger partial charge in [0.25, 0.3) is 5.91 Å². The molecule has 1 amide bonds. The normalized spacial score (nSPS) is 29.0. The maximum absolute atomic E-state index is 13.2. The third kappa shape index (κ3) is 4.45. The summed E-state index contributed by atoms with van der Waals surface area (Å²) in [4.78, 5) is 15.1. The first-order valence-electron chi connectivity index (χ1n) is 11.6. The minimum atomic E-state index is -0.108. The summed E-state index contributed by atoms with van der Waals surface area (Å²) in [6.45, 7) is 1.65. The van der Waals surface area contributed by atoms with E-state index in [4.69, 9.17) is 0 Å². The Morgan fingerprint density at radius 3 is 2.45 bits per heavy atom. The number of hydrogen-bond acceptors (Lipinski definition) is 4. The van der Waals surface area contributed by atoms with E-state index in [1.54, 1.807) is 10.9 Å². The van der Waals surface area contributed by atoms with Crippen molar-refractivity contribution in [2.24, 2.45) is 23.2 Å². The molecule has 2 aromatic rings. The van der Waals surface area contributed by atoms with Gasteiger partial charge in [-0.2, -0.15) is 0 Å². The minimum Gasteiger partial charge on any atom is -0.395 e. The van der Waals surface area contributed by atoms with Gasteiger partial charge in [-0.3, -0.25) is 4.79 Å². The van der Waals surface area contributed by atoms with Crippen molar-refractivity contribution in [3.63, 3.8) is 0 Å². The molecule has 1 aromatic heterocycles. The van der Waals surface area contributed by atoms with E-state index in [1.165, 1.54) is 38.5 Å². The van der Waals surface area contributed by atoms with Gasteiger partial charge in [0.1, 0.15) is 0 Å². The Kier molecular flexibility index (Phi) is 5.65. The van der Waals surface area contributed by atoms with Gasteiger partial charge in [0.15, 0.2) is 5.69 Å². The lowest BCUT2D eigenvalue weighted by Gasteiger charge is -2.57. The largest absolute Gasteiger partial charge is 0.395 e. The summed E-state index contributed by atoms with van der Waals surface area (Å²) in [7, 11) is 0. The molecule has 6 rings (SSSR count). The third-order valence-corrected chi connectivity index (χ3v) is 7.51. The molecular weight excluding hydrogens is 388 g/mol. The summed E-state index contributed by atoms with van der Waals surface area (Å²) in [5, 5.41) is 17.9. The molecule has 4 fully saturated rings. The van der Waals surface area contributed by atoms with Crippen LogP contribution >= 0.6 is 0 Å². The molecule has 164 valence electrons. The smallest absolute Gasteiger partial charge is 0.276 e. The van der Waals surface area contributed by atoms with Gasteiger partial charge >= 0.3 is 0 Å². The highest BCUT2D eigenvalue weighted by Crippen LogP contribution is 2.60. The first-order valence-corrected chi connectivity index (χ1v) is 11.6. The van der Waals surface area contributed by atoms with Crippen molar-refractivity contribution < 1.29 is 9.90 Å². The van der Waals surface area contributed by atoms with E-state index in [0.717, 1.165) is 29.9 Å². The van der Waals surface area contributed by atoms with Gasteiger partial charge < -0.3 is 10.0 Å². The second-order valence-electron chi connectivity index (χ2n) is 10.0. The number of rotatable bonds is 8. The maximum atomic E-state index is 13.2. The standard InChI is InChI=1S/C25H32N4O2/c30-10-9-28(18-25-14-20-11-21(15-25)13-22(12-20)16-25)24(31)23-17-29(27-26-23)8-4-7-19-5-2-1-3-6-19/h1-7,17,20-22,30H,8-16,18H2/b7-4+. The average molecular weight is 421 g/mol. The third-order valence-electron chi connectivity index (χ3n) is 7.51. The molecular formula is C25H32N4O2. The first kappa shape index (κ1) is 20.4. The lowest BCUT2D eigenvalue weighted by molar-refractivity contribution is -0.0662. The van der Waals surface area contributed by atoms with Gasteiger partial charge in [0, 0.05) is 13.1 Å². The molecule has 0 unspecified atom stereocenters. The molecule has 6 nitrogen and oxygen atoms in total. The highest BCUT2D eigenvalue weighted by Gasteiger charge is 2.51. The van der Waals surface area contributed by atoms with Crippen molar-refractivity contribution in [3.8, 4) is 0 Å². The van der Waals surface area contributed by atoms with Crippen LogP contribution in [0.1, 0.15) is 54.6 Å². The molecule has 4 saturated carbocycles. The van der Waals surface area contributed by atoms with Gasteiger partial charge in [0.05, 0.1) is 19.3 Å². The van der Waals surface area contributed by atoms with E-state index in [0.29, 0.717) is 18.8 Å². The Balaban J connectivity index is 1.25. The molecule has 4 aliphatic carbocycles. The zero-order chi connectivity index (χ0) is 21.3. The number of benzene rings is 1. The summed E-state index contributed by atoms with van der Waals surface area (Å²) in [5.41, 5.74) is 1.74. The van der Waals surface area contributed by atoms with Crippen LogP contribution in [0.15, 0.2) is 42.6 Å². The molecule has 0 spiro atoms. The van der Waals surface area contributed by atoms with Gasteiger partial charge in [0.2, 0.25) is 0 Å². The van der Waals surface area contributed by atoms with Crippen molar-refractivity contribution >= 4 is 12.0 Å². The fraction of sp³-hybridized carbons (Fsp3) is 0.560. The number of aliphatic hydroxyl groups excluding tert-OH is 1. The maximum Gasteiger partial charge on any atom is 0.276 e. The van der Waals surface area contributed by atoms with Crippen molar-refractivity contribution in [1.29, 1.82) is 0 Å². The van der Waals surface area contributed by atoms with Crippen LogP contribution in [-0.4, -0.2) is 50.6 Å². The molecule has 0 aliphatic heterocycles. The number of carbonyl (C=O) groups is 1. The molecule has 0 radical (unpaired) electrons. The highest BCUT2D eigenvalue weighted by molar-refractivity contribution is 5.92. The van der Waals surface area contributed by atoms with Crippen molar-refractivity contribution in [1.82, 2.24) is 19.9 Å². The van der Waals surface area contributed by atoms with Gasteiger partial charge in [-0.1, -0.05) is 47.7 Å². The number of aliphatic hydroxyl groups is 1. The van der Waals surface area contributed by atoms with Crippen molar-refractivity contribution in [2.75, 3.05) is 19.7 Å². The van der Waals surface area contributed by atoms with Gasteiger partial charge in [-0.05, 0) is 67.3 Å². The lowest BCUT2D eigenvalue weighted by Crippen LogP contribution is -2.52. The predicted octanol–water partition coefficient (Wildman–Crippen LogP) is 3.64. The number of hydrogen-bond donors (Lipinski definition) is 1. The second-order valence-corrected chi connectivity index (χ2v) is 10.0. The lowest BCUT2D eigenvalue weighted by atomic mass is 9.49. The van der Waals surface area contributed by atoms with Crippen LogP contribution in [0.25, 0.3) is 6.08 Å². The summed E-state index contributed by atoms with van der Waals surface area (Å²) in [6, 6.07) is 10.1. The van der Waals surface area contributed by atoms with Crippen LogP contribution in [0.5, 0.6) is 0 Å². The van der Waals surface area contributed by atoms with Crippen LogP contribution in [0, 0.1) is 23.2 Å². The number of amides is 1. The van der Waals surface area contributed by atoms with E-state index in [-0.39, 0.29) is 17.9 Å². The zero-order valence-electron chi connectivity index (χ0n) is 18.1. The van der Waals surface area contributed by atoms with E-state index in [1.807, 2.05) is 47.4 Å². The molecule has 1 heterocycles. The molecule has 4 aliphatic rings. The van der Waals surface area contributed by atoms with Crippen molar-refractivity contribution in [2.45, 2.75) is 45.1 Å². The van der Waals surface area contributed by atoms with Gasteiger partial charge in [-0.15, -0.1) is 5.10 Å². The minimum absolute atomic E-state index is 0.0218. The SMILES string of the molecule is O=C(c1cn(C/C=C/c2ccccc2)nn1)N(CCO)CC12CC3CC(CC(C3)C1)C2. The van der Waals surface area contributed by atoms with E-state index >= 15 is 0 Å². The quantitative estimate of drug-likeness (QED) is 0.708. The second kappa shape index (κ2) is 8.58. The average Bonchev–Trinajstić information content (AvgIpc) is 3.21. The number of allylic oxidation sites excluding steroid dienone is 1. The van der Waals surface area contributed by atoms with E-state index in [9.17, 15) is 9.90 Å². The number of nitrogens with zero attached hydrogens (tertiary/aromatic N) is 4. The van der Waals surface area contributed by atoms with Crippen LogP contribution in [-0.2, 0) is 6.54 Å². The Morgan fingerprint density at radius 1 is 1.13 bits per heavy atom. The summed E-state index contributed by atoms with van der Waals surface area (Å²) < 4.78 is 1.69. The zero-order valence-corrected chi connectivity index (χ0v) is 18.1. The Morgan fingerprint density at radius 2 is 1.81 bits per heavy atom. The Bertz CT molecular complexity index is 901. The molecule has 0 atom stereocenters. The predicted molar refractivity (Wildman–Crippen MR) is 119 cm³/mol. The summed E-state index contributed by atoms with van der Waals surface area (Å²) in [6.07, 6.45) is 13.7. The monoisotopic (exact) mass is 420 g/mol. The molecule has 4 bridgehead atoms. The van der Waals surface area contributed by atoms with Crippen LogP contribution in [0.2, 0.25) is 0 Å². The van der Waals surface area contributed by atoms with Crippen molar-refractivity contribution in [3.05, 3.63) is 53.9 Å². The highest BCUT2D eigenvalue weighted by atomic mass is 16.3. The fourth-order valence-corrected chi connectivity index (χ4v) is 6.77. The molecule has 0 saturated heterocycles. The molecule has 31 heavy (non-hydrogen) atoms. The fourth-order valence-electron chi connectivity index (χ4n) is 6.77. The van der Waals surface area contributed by atoms with Gasteiger partial charge in [-0.25, -0.2) is 4.68 Å². The molecule has 6 heteroatoms. The van der Waals surface area contributed by atoms with Crippen LogP contribution in [0.4, 0.5) is 0 Å². The molecule has 1 aromatic carbocycles. The topological polar surface area (TPSA) is 71.2 Å². The number of aromatic nitrogens is 3. The van der Waals surface area contributed by atoms with Crippen LogP contribution < -0.4 is 0 Å². The Hall–Kier alpha value is -2.47. The summed E-state index contributed by atoms with van der Waals surface area (Å²) >= 11 is 0. The first-order chi connectivity index (χ1) is 15.1. The van der Waals surface area contributed by atoms with E-state index in [2.05, 4.69) is 10.3 Å². The van der Waals surface area contributed by atoms with E-state index < -0.39 is 0 Å². The molecule has 1 N–H and O–H groups in total. The Labute approximate surface area is 183 Å². The number of carbonyl (C=O) groups excluding carboxylic acids is 1.